The third-order valence-electron chi connectivity index (χ3n) is 6.85. The zero-order valence-corrected chi connectivity index (χ0v) is 21.6. The lowest BCUT2D eigenvalue weighted by Crippen LogP contribution is -2.70. The number of fused-ring (bicyclic) bond motifs is 3. The van der Waals surface area contributed by atoms with Gasteiger partial charge in [0, 0.05) is 11.6 Å². The number of pyridine rings is 1. The summed E-state index contributed by atoms with van der Waals surface area (Å²) in [5.74, 6) is -2.07. The quantitative estimate of drug-likeness (QED) is 0.347. The summed E-state index contributed by atoms with van der Waals surface area (Å²) in [5, 5.41) is 14.0. The molecule has 1 aromatic heterocycles. The molecule has 3 fully saturated rings. The first-order valence-electron chi connectivity index (χ1n) is 11.6. The number of amides is 2. The molecule has 3 saturated carbocycles. The zero-order chi connectivity index (χ0) is 28.8. The third kappa shape index (κ3) is 6.81. The summed E-state index contributed by atoms with van der Waals surface area (Å²) in [4.78, 5) is 27.7. The zero-order valence-electron chi connectivity index (χ0n) is 20.1. The molecule has 0 radical (unpaired) electrons. The van der Waals surface area contributed by atoms with Gasteiger partial charge in [0.05, 0.1) is 22.9 Å². The molecular formula is C23H24ClF6N3O5S. The largest absolute Gasteiger partial charge is 0.484 e. The van der Waals surface area contributed by atoms with Crippen LogP contribution in [0.25, 0.3) is 0 Å². The van der Waals surface area contributed by atoms with Crippen LogP contribution in [-0.4, -0.2) is 52.3 Å². The molecule has 2 aromatic rings. The van der Waals surface area contributed by atoms with Gasteiger partial charge >= 0.3 is 10.2 Å². The van der Waals surface area contributed by atoms with Crippen molar-refractivity contribution in [1.29, 1.82) is 0 Å². The Kier molecular flexibility index (Phi) is 6.96. The van der Waals surface area contributed by atoms with Crippen molar-refractivity contribution in [1.82, 2.24) is 15.6 Å². The van der Waals surface area contributed by atoms with Gasteiger partial charge < -0.3 is 25.2 Å². The molecular weight excluding hydrogens is 580 g/mol. The van der Waals surface area contributed by atoms with Crippen LogP contribution in [0.3, 0.4) is 0 Å². The third-order valence-corrected chi connectivity index (χ3v) is 8.19. The van der Waals surface area contributed by atoms with E-state index >= 15 is 0 Å². The highest BCUT2D eigenvalue weighted by Gasteiger charge is 2.67. The Bertz CT molecular complexity index is 1270. The van der Waals surface area contributed by atoms with Crippen LogP contribution < -0.4 is 20.1 Å². The molecule has 5 rings (SSSR count). The van der Waals surface area contributed by atoms with E-state index in [-0.39, 0.29) is 29.0 Å². The second-order valence-electron chi connectivity index (χ2n) is 9.71. The van der Waals surface area contributed by atoms with E-state index in [2.05, 4.69) is 15.6 Å². The minimum absolute atomic E-state index is 0.0821. The first-order chi connectivity index (χ1) is 17.9. The van der Waals surface area contributed by atoms with Crippen LogP contribution in [0.1, 0.15) is 32.1 Å². The number of carbonyl (C=O) groups excluding carboxylic acids is 2. The van der Waals surface area contributed by atoms with Crippen molar-refractivity contribution in [3.63, 3.8) is 0 Å². The molecule has 1 aromatic carbocycles. The van der Waals surface area contributed by atoms with E-state index in [1.165, 1.54) is 12.1 Å². The lowest BCUT2D eigenvalue weighted by Gasteiger charge is -2.56. The van der Waals surface area contributed by atoms with Crippen LogP contribution in [0.2, 0.25) is 5.02 Å². The highest BCUT2D eigenvalue weighted by Crippen LogP contribution is 3.01. The number of ether oxygens (including phenoxy) is 2. The van der Waals surface area contributed by atoms with Crippen molar-refractivity contribution in [2.24, 2.45) is 0 Å². The van der Waals surface area contributed by atoms with E-state index in [0.717, 1.165) is 6.07 Å². The normalized spacial score (nSPS) is 26.2. The van der Waals surface area contributed by atoms with Crippen molar-refractivity contribution in [2.75, 3.05) is 13.2 Å². The fraction of sp³-hybridized carbons (Fsp3) is 0.435. The van der Waals surface area contributed by atoms with Gasteiger partial charge in [-0.1, -0.05) is 31.0 Å². The van der Waals surface area contributed by atoms with E-state index < -0.39 is 63.3 Å². The molecule has 3 N–H and O–H groups in total. The summed E-state index contributed by atoms with van der Waals surface area (Å²) < 4.78 is 87.8. The Morgan fingerprint density at radius 1 is 0.974 bits per heavy atom. The molecule has 2 bridgehead atoms. The molecule has 0 saturated heterocycles. The van der Waals surface area contributed by atoms with Gasteiger partial charge in [0.1, 0.15) is 17.3 Å². The van der Waals surface area contributed by atoms with E-state index in [0.29, 0.717) is 37.9 Å². The lowest BCUT2D eigenvalue weighted by molar-refractivity contribution is -0.137. The van der Waals surface area contributed by atoms with Crippen molar-refractivity contribution in [3.05, 3.63) is 47.4 Å². The van der Waals surface area contributed by atoms with Crippen molar-refractivity contribution in [3.8, 4) is 11.5 Å². The standard InChI is InChI=1S/C23H24ClF6N3O5S/c24-16-3-1-14(9-17(16)25)37-13-20(36)33-23-7-5-22(6-8-23,10-18(23)34)32-19(35)12-38-15-2-4-21(31-11-15)39(26,27,28,29)30/h1-4,9,11,18,34H,5-8,10,12-13H2,(H,32,35)(H,33,36)/t18-,22?,23?/m0/s1. The number of nitrogens with zero attached hydrogens (tertiary/aromatic N) is 1. The van der Waals surface area contributed by atoms with E-state index in [1.807, 2.05) is 0 Å². The number of nitrogens with one attached hydrogen (secondary N) is 2. The van der Waals surface area contributed by atoms with Gasteiger partial charge in [-0.2, -0.15) is 0 Å². The summed E-state index contributed by atoms with van der Waals surface area (Å²) in [6.45, 7) is -1.05. The maximum Gasteiger partial charge on any atom is 0.325 e. The van der Waals surface area contributed by atoms with E-state index in [1.54, 1.807) is 0 Å². The number of carbonyl (C=O) groups is 2. The van der Waals surface area contributed by atoms with Crippen LogP contribution in [0.4, 0.5) is 23.8 Å². The van der Waals surface area contributed by atoms with Gasteiger partial charge in [-0.3, -0.25) is 9.59 Å². The number of aliphatic hydroxyl groups is 1. The molecule has 8 nitrogen and oxygen atoms in total. The molecule has 0 spiro atoms. The second-order valence-corrected chi connectivity index (χ2v) is 12.5. The molecule has 2 amide bonds. The highest BCUT2D eigenvalue weighted by atomic mass is 35.5. The maximum atomic E-state index is 13.5. The molecule has 1 atom stereocenters. The fourth-order valence-electron chi connectivity index (χ4n) is 4.85. The second kappa shape index (κ2) is 9.34. The lowest BCUT2D eigenvalue weighted by atomic mass is 9.60. The number of hydrogen-bond acceptors (Lipinski definition) is 6. The first kappa shape index (κ1) is 29.1. The van der Waals surface area contributed by atoms with Gasteiger partial charge in [-0.15, -0.1) is 0 Å². The molecule has 0 unspecified atom stereocenters. The molecule has 0 aliphatic heterocycles. The van der Waals surface area contributed by atoms with Crippen molar-refractivity contribution in [2.45, 2.75) is 54.3 Å². The highest BCUT2D eigenvalue weighted by molar-refractivity contribution is 8.45. The molecule has 216 valence electrons. The van der Waals surface area contributed by atoms with E-state index in [9.17, 15) is 38.5 Å². The van der Waals surface area contributed by atoms with Crippen molar-refractivity contribution < 1.29 is 48.0 Å². The van der Waals surface area contributed by atoms with Crippen LogP contribution in [-0.2, 0) is 9.59 Å². The molecule has 39 heavy (non-hydrogen) atoms. The van der Waals surface area contributed by atoms with Gasteiger partial charge in [-0.25, -0.2) is 9.37 Å². The fourth-order valence-corrected chi connectivity index (χ4v) is 5.55. The average Bonchev–Trinajstić information content (AvgIpc) is 2.83. The summed E-state index contributed by atoms with van der Waals surface area (Å²) in [7, 11) is -9.92. The molecule has 3 aliphatic rings. The van der Waals surface area contributed by atoms with Crippen LogP contribution in [0, 0.1) is 5.82 Å². The summed E-state index contributed by atoms with van der Waals surface area (Å²) in [6, 6.07) is 4.45. The van der Waals surface area contributed by atoms with Gasteiger partial charge in [0.15, 0.2) is 18.2 Å². The Morgan fingerprint density at radius 3 is 2.10 bits per heavy atom. The van der Waals surface area contributed by atoms with Gasteiger partial charge in [0.25, 0.3) is 11.8 Å². The van der Waals surface area contributed by atoms with Crippen molar-refractivity contribution >= 4 is 33.6 Å². The van der Waals surface area contributed by atoms with Crippen LogP contribution in [0.5, 0.6) is 11.5 Å². The topological polar surface area (TPSA) is 110 Å². The minimum Gasteiger partial charge on any atom is -0.484 e. The Morgan fingerprint density at radius 2 is 1.56 bits per heavy atom. The Labute approximate surface area is 223 Å². The number of aliphatic hydroxyl groups excluding tert-OH is 1. The number of hydrogen-bond donors (Lipinski definition) is 3. The van der Waals surface area contributed by atoms with Gasteiger partial charge in [-0.05, 0) is 56.4 Å². The Balaban J connectivity index is 1.27. The number of aromatic nitrogens is 1. The smallest absolute Gasteiger partial charge is 0.325 e. The average molecular weight is 604 g/mol. The number of benzene rings is 1. The summed E-state index contributed by atoms with van der Waals surface area (Å²) >= 11 is 5.62. The summed E-state index contributed by atoms with van der Waals surface area (Å²) in [6.07, 6.45) is 1.02. The predicted molar refractivity (Wildman–Crippen MR) is 129 cm³/mol. The Hall–Kier alpha value is -2.91. The SMILES string of the molecule is O=C(COc1ccc(S(F)(F)(F)(F)F)nc1)NC12CCC(NC(=O)COc3ccc(Cl)c(F)c3)(CC1)[C@@H](O)C2. The van der Waals surface area contributed by atoms with Crippen LogP contribution >= 0.6 is 21.8 Å². The maximum absolute atomic E-state index is 13.5. The summed E-state index contributed by atoms with van der Waals surface area (Å²) in [5.41, 5.74) is -1.74. The number of rotatable bonds is 9. The van der Waals surface area contributed by atoms with Crippen LogP contribution in [0.15, 0.2) is 41.6 Å². The molecule has 3 aliphatic carbocycles. The molecule has 1 heterocycles. The number of halogens is 7. The molecule has 16 heteroatoms. The minimum atomic E-state index is -9.92. The van der Waals surface area contributed by atoms with E-state index in [4.69, 9.17) is 21.1 Å². The monoisotopic (exact) mass is 603 g/mol. The van der Waals surface area contributed by atoms with Gasteiger partial charge in [0.2, 0.25) is 0 Å². The predicted octanol–water partition coefficient (Wildman–Crippen LogP) is 5.04. The first-order valence-corrected chi connectivity index (χ1v) is 13.9.